The smallest absolute Gasteiger partial charge is 0.234 e. The van der Waals surface area contributed by atoms with Crippen LogP contribution in [0.4, 0.5) is 0 Å². The summed E-state index contributed by atoms with van der Waals surface area (Å²) in [5.74, 6) is 0.185. The Bertz CT molecular complexity index is 551. The van der Waals surface area contributed by atoms with Crippen LogP contribution in [0.2, 0.25) is 0 Å². The quantitative estimate of drug-likeness (QED) is 0.750. The lowest BCUT2D eigenvalue weighted by Crippen LogP contribution is -2.51. The maximum atomic E-state index is 12.0. The van der Waals surface area contributed by atoms with Crippen molar-refractivity contribution < 1.29 is 9.59 Å². The minimum absolute atomic E-state index is 0.0544. The van der Waals surface area contributed by atoms with E-state index in [4.69, 9.17) is 0 Å². The van der Waals surface area contributed by atoms with Crippen LogP contribution in [-0.4, -0.2) is 66.9 Å². The van der Waals surface area contributed by atoms with Crippen molar-refractivity contribution in [2.45, 2.75) is 25.4 Å². The van der Waals surface area contributed by atoms with E-state index in [1.807, 2.05) is 30.3 Å². The van der Waals surface area contributed by atoms with Gasteiger partial charge >= 0.3 is 0 Å². The summed E-state index contributed by atoms with van der Waals surface area (Å²) < 4.78 is 0. The van der Waals surface area contributed by atoms with Gasteiger partial charge in [0, 0.05) is 38.8 Å². The molecule has 130 valence electrons. The first-order chi connectivity index (χ1) is 11.7. The van der Waals surface area contributed by atoms with Crippen molar-refractivity contribution >= 4 is 11.8 Å². The standard InChI is InChI=1S/C18H26N4O2/c23-17(19-12-15-4-2-1-3-5-15)13-21-8-10-22(11-9-21)14-18(24)20-16-6-7-16/h1-5,16H,6-14H2,(H,19,23)(H,20,24). The van der Waals surface area contributed by atoms with Crippen LogP contribution in [-0.2, 0) is 16.1 Å². The van der Waals surface area contributed by atoms with E-state index in [1.165, 1.54) is 0 Å². The monoisotopic (exact) mass is 330 g/mol. The molecule has 6 heteroatoms. The summed E-state index contributed by atoms with van der Waals surface area (Å²) in [6, 6.07) is 10.3. The van der Waals surface area contributed by atoms with Crippen LogP contribution in [0.15, 0.2) is 30.3 Å². The molecule has 24 heavy (non-hydrogen) atoms. The number of nitrogens with zero attached hydrogens (tertiary/aromatic N) is 2. The van der Waals surface area contributed by atoms with Crippen molar-refractivity contribution in [3.8, 4) is 0 Å². The van der Waals surface area contributed by atoms with Gasteiger partial charge in [-0.15, -0.1) is 0 Å². The van der Waals surface area contributed by atoms with Gasteiger partial charge in [-0.2, -0.15) is 0 Å². The molecule has 0 radical (unpaired) electrons. The van der Waals surface area contributed by atoms with Gasteiger partial charge in [0.25, 0.3) is 0 Å². The van der Waals surface area contributed by atoms with Crippen LogP contribution in [0.5, 0.6) is 0 Å². The van der Waals surface area contributed by atoms with Crippen LogP contribution in [0, 0.1) is 0 Å². The maximum absolute atomic E-state index is 12.0. The van der Waals surface area contributed by atoms with Gasteiger partial charge in [-0.05, 0) is 18.4 Å². The zero-order valence-corrected chi connectivity index (χ0v) is 14.0. The van der Waals surface area contributed by atoms with E-state index in [9.17, 15) is 9.59 Å². The molecule has 1 aliphatic carbocycles. The molecule has 0 atom stereocenters. The number of amides is 2. The Labute approximate surface area is 143 Å². The highest BCUT2D eigenvalue weighted by Gasteiger charge is 2.25. The normalized spacial score (nSPS) is 19.0. The van der Waals surface area contributed by atoms with Crippen molar-refractivity contribution in [1.82, 2.24) is 20.4 Å². The van der Waals surface area contributed by atoms with E-state index >= 15 is 0 Å². The highest BCUT2D eigenvalue weighted by molar-refractivity contribution is 5.79. The fourth-order valence-electron chi connectivity index (χ4n) is 2.87. The van der Waals surface area contributed by atoms with Gasteiger partial charge in [-0.3, -0.25) is 19.4 Å². The third-order valence-electron chi connectivity index (χ3n) is 4.47. The molecule has 1 saturated carbocycles. The lowest BCUT2D eigenvalue weighted by atomic mass is 10.2. The van der Waals surface area contributed by atoms with E-state index in [2.05, 4.69) is 20.4 Å². The molecule has 2 fully saturated rings. The molecule has 2 amide bonds. The van der Waals surface area contributed by atoms with Crippen molar-refractivity contribution in [2.24, 2.45) is 0 Å². The molecule has 1 aliphatic heterocycles. The first-order valence-electron chi connectivity index (χ1n) is 8.74. The summed E-state index contributed by atoms with van der Waals surface area (Å²) in [6.45, 7) is 4.81. The van der Waals surface area contributed by atoms with Crippen LogP contribution >= 0.6 is 0 Å². The molecule has 1 aromatic rings. The predicted octanol–water partition coefficient (Wildman–Crippen LogP) is 0.199. The highest BCUT2D eigenvalue weighted by atomic mass is 16.2. The van der Waals surface area contributed by atoms with Crippen molar-refractivity contribution in [1.29, 1.82) is 0 Å². The summed E-state index contributed by atoms with van der Waals surface area (Å²) in [4.78, 5) is 28.2. The summed E-state index contributed by atoms with van der Waals surface area (Å²) in [6.07, 6.45) is 2.25. The van der Waals surface area contributed by atoms with Gasteiger partial charge in [-0.1, -0.05) is 30.3 Å². The van der Waals surface area contributed by atoms with Crippen LogP contribution in [0.3, 0.4) is 0 Å². The zero-order chi connectivity index (χ0) is 16.8. The molecule has 3 rings (SSSR count). The number of benzene rings is 1. The van der Waals surface area contributed by atoms with Gasteiger partial charge in [0.05, 0.1) is 13.1 Å². The summed E-state index contributed by atoms with van der Waals surface area (Å²) in [7, 11) is 0. The van der Waals surface area contributed by atoms with E-state index < -0.39 is 0 Å². The van der Waals surface area contributed by atoms with E-state index in [1.54, 1.807) is 0 Å². The number of carbonyl (C=O) groups is 2. The average Bonchev–Trinajstić information content (AvgIpc) is 3.39. The lowest BCUT2D eigenvalue weighted by Gasteiger charge is -2.33. The largest absolute Gasteiger partial charge is 0.352 e. The van der Waals surface area contributed by atoms with Crippen LogP contribution in [0.25, 0.3) is 0 Å². The molecular formula is C18H26N4O2. The Balaban J connectivity index is 1.31. The van der Waals surface area contributed by atoms with Gasteiger partial charge in [0.15, 0.2) is 0 Å². The minimum atomic E-state index is 0.0544. The number of carbonyl (C=O) groups excluding carboxylic acids is 2. The maximum Gasteiger partial charge on any atom is 0.234 e. The molecule has 0 unspecified atom stereocenters. The third-order valence-corrected chi connectivity index (χ3v) is 4.47. The molecule has 1 saturated heterocycles. The molecule has 0 aromatic heterocycles. The molecule has 0 spiro atoms. The van der Waals surface area contributed by atoms with Gasteiger partial charge in [-0.25, -0.2) is 0 Å². The molecule has 0 bridgehead atoms. The Hall–Kier alpha value is -1.92. The van der Waals surface area contributed by atoms with Gasteiger partial charge < -0.3 is 10.6 Å². The van der Waals surface area contributed by atoms with E-state index in [-0.39, 0.29) is 11.8 Å². The second-order valence-corrected chi connectivity index (χ2v) is 6.66. The third kappa shape index (κ3) is 5.62. The SMILES string of the molecule is O=C(CN1CCN(CC(=O)NC2CC2)CC1)NCc1ccccc1. The highest BCUT2D eigenvalue weighted by Crippen LogP contribution is 2.18. The number of rotatable bonds is 7. The van der Waals surface area contributed by atoms with Gasteiger partial charge in [0.2, 0.25) is 11.8 Å². The topological polar surface area (TPSA) is 64.7 Å². The second kappa shape index (κ2) is 8.26. The fourth-order valence-corrected chi connectivity index (χ4v) is 2.87. The first kappa shape index (κ1) is 16.9. The molecular weight excluding hydrogens is 304 g/mol. The Morgan fingerprint density at radius 1 is 0.917 bits per heavy atom. The Morgan fingerprint density at radius 2 is 1.50 bits per heavy atom. The van der Waals surface area contributed by atoms with Gasteiger partial charge in [0.1, 0.15) is 0 Å². The van der Waals surface area contributed by atoms with Crippen LogP contribution < -0.4 is 10.6 Å². The molecule has 2 aliphatic rings. The summed E-state index contributed by atoms with van der Waals surface area (Å²) in [5.41, 5.74) is 1.11. The molecule has 1 aromatic carbocycles. The van der Waals surface area contributed by atoms with E-state index in [0.717, 1.165) is 44.6 Å². The Morgan fingerprint density at radius 3 is 2.08 bits per heavy atom. The fraction of sp³-hybridized carbons (Fsp3) is 0.556. The molecule has 2 N–H and O–H groups in total. The summed E-state index contributed by atoms with van der Waals surface area (Å²) in [5, 5.41) is 5.98. The molecule has 1 heterocycles. The number of hydrogen-bond donors (Lipinski definition) is 2. The van der Waals surface area contributed by atoms with E-state index in [0.29, 0.717) is 25.7 Å². The zero-order valence-electron chi connectivity index (χ0n) is 14.0. The minimum Gasteiger partial charge on any atom is -0.352 e. The number of piperazine rings is 1. The Kier molecular flexibility index (Phi) is 5.82. The molecule has 6 nitrogen and oxygen atoms in total. The van der Waals surface area contributed by atoms with Crippen LogP contribution in [0.1, 0.15) is 18.4 Å². The average molecular weight is 330 g/mol. The second-order valence-electron chi connectivity index (χ2n) is 6.66. The number of hydrogen-bond acceptors (Lipinski definition) is 4. The van der Waals surface area contributed by atoms with Crippen molar-refractivity contribution in [2.75, 3.05) is 39.3 Å². The van der Waals surface area contributed by atoms with Crippen molar-refractivity contribution in [3.63, 3.8) is 0 Å². The predicted molar refractivity (Wildman–Crippen MR) is 92.3 cm³/mol. The summed E-state index contributed by atoms with van der Waals surface area (Å²) >= 11 is 0. The van der Waals surface area contributed by atoms with Crippen molar-refractivity contribution in [3.05, 3.63) is 35.9 Å². The lowest BCUT2D eigenvalue weighted by molar-refractivity contribution is -0.125. The number of nitrogens with one attached hydrogen (secondary N) is 2. The first-order valence-corrected chi connectivity index (χ1v) is 8.74.